The number of hydrogen-bond donors (Lipinski definition) is 0. The molecular weight excluding hydrogens is 424 g/mol. The van der Waals surface area contributed by atoms with Gasteiger partial charge in [-0.3, -0.25) is 14.8 Å². The summed E-state index contributed by atoms with van der Waals surface area (Å²) >= 11 is 6.03. The molecule has 3 aromatic rings. The molecule has 4 aliphatic rings. The maximum absolute atomic E-state index is 10.8. The molecule has 12 heteroatoms. The van der Waals surface area contributed by atoms with Gasteiger partial charge in [-0.05, 0) is 62.0 Å². The van der Waals surface area contributed by atoms with Crippen LogP contribution in [0.25, 0.3) is 0 Å². The topological polar surface area (TPSA) is 131 Å². The average Bonchev–Trinajstić information content (AvgIpc) is 3.46. The Morgan fingerprint density at radius 3 is 2.74 bits per heavy atom. The van der Waals surface area contributed by atoms with Crippen LogP contribution in [0.1, 0.15) is 50.3 Å². The Hall–Kier alpha value is -2.82. The molecule has 0 aliphatic heterocycles. The summed E-state index contributed by atoms with van der Waals surface area (Å²) < 4.78 is 9.66. The summed E-state index contributed by atoms with van der Waals surface area (Å²) in [6.45, 7) is 0.440. The van der Waals surface area contributed by atoms with E-state index in [1.807, 2.05) is 4.68 Å². The van der Waals surface area contributed by atoms with Crippen LogP contribution in [0.15, 0.2) is 23.1 Å². The van der Waals surface area contributed by atoms with Crippen LogP contribution in [0.3, 0.4) is 0 Å². The van der Waals surface area contributed by atoms with Crippen LogP contribution in [-0.2, 0) is 23.9 Å². The molecule has 0 radical (unpaired) electrons. The second-order valence-electron chi connectivity index (χ2n) is 9.39. The smallest absolute Gasteiger partial charge is 0.306 e. The van der Waals surface area contributed by atoms with E-state index in [0.717, 1.165) is 32.1 Å². The molecule has 31 heavy (non-hydrogen) atoms. The summed E-state index contributed by atoms with van der Waals surface area (Å²) in [5.41, 5.74) is -0.260. The summed E-state index contributed by atoms with van der Waals surface area (Å²) in [7, 11) is 0. The molecule has 4 fully saturated rings. The van der Waals surface area contributed by atoms with Gasteiger partial charge in [0, 0.05) is 13.0 Å². The van der Waals surface area contributed by atoms with Gasteiger partial charge in [0.2, 0.25) is 17.1 Å². The lowest BCUT2D eigenvalue weighted by Gasteiger charge is -2.60. The molecule has 2 unspecified atom stereocenters. The van der Waals surface area contributed by atoms with E-state index in [2.05, 4.69) is 25.4 Å². The Bertz CT molecular complexity index is 1140. The second-order valence-corrected chi connectivity index (χ2v) is 9.73. The lowest BCUT2D eigenvalue weighted by atomic mass is 9.47. The van der Waals surface area contributed by atoms with Gasteiger partial charge in [0.25, 0.3) is 0 Å². The van der Waals surface area contributed by atoms with Crippen LogP contribution in [0.4, 0.5) is 5.69 Å². The lowest BCUT2D eigenvalue weighted by Crippen LogP contribution is -2.58. The highest BCUT2D eigenvalue weighted by molar-refractivity contribution is 6.28. The van der Waals surface area contributed by atoms with Gasteiger partial charge in [-0.25, -0.2) is 9.67 Å². The fraction of sp³-hybridized carbons (Fsp3) is 0.632. The summed E-state index contributed by atoms with van der Waals surface area (Å²) in [6, 6.07) is 0. The highest BCUT2D eigenvalue weighted by Crippen LogP contribution is 2.64. The number of halogens is 1. The van der Waals surface area contributed by atoms with Gasteiger partial charge in [0.1, 0.15) is 18.7 Å². The van der Waals surface area contributed by atoms with E-state index < -0.39 is 4.92 Å². The SMILES string of the molecule is O=[N+]([O-])c1cnn(CCc2nnc(C34CC5CC(C3)CC(n3cnc(Cl)n3)(C5)C4)o2)c1. The van der Waals surface area contributed by atoms with Crippen molar-refractivity contribution in [1.82, 2.24) is 34.7 Å². The van der Waals surface area contributed by atoms with E-state index in [1.165, 1.54) is 23.5 Å². The number of aromatic nitrogens is 7. The largest absolute Gasteiger partial charge is 0.425 e. The Morgan fingerprint density at radius 2 is 2.06 bits per heavy atom. The lowest BCUT2D eigenvalue weighted by molar-refractivity contribution is -0.385. The Labute approximate surface area is 181 Å². The van der Waals surface area contributed by atoms with E-state index in [9.17, 15) is 10.1 Å². The molecule has 0 amide bonds. The zero-order valence-corrected chi connectivity index (χ0v) is 17.5. The molecule has 0 N–H and O–H groups in total. The predicted molar refractivity (Wildman–Crippen MR) is 106 cm³/mol. The zero-order valence-electron chi connectivity index (χ0n) is 16.7. The van der Waals surface area contributed by atoms with Crippen molar-refractivity contribution in [3.63, 3.8) is 0 Å². The van der Waals surface area contributed by atoms with Crippen LogP contribution in [0, 0.1) is 22.0 Å². The summed E-state index contributed by atoms with van der Waals surface area (Å²) in [6.07, 6.45) is 11.3. The first-order valence-electron chi connectivity index (χ1n) is 10.5. The summed E-state index contributed by atoms with van der Waals surface area (Å²) in [5.74, 6) is 2.44. The van der Waals surface area contributed by atoms with Crippen molar-refractivity contribution in [3.8, 4) is 0 Å². The normalized spacial score (nSPS) is 31.4. The Kier molecular flexibility index (Phi) is 4.02. The highest BCUT2D eigenvalue weighted by atomic mass is 35.5. The van der Waals surface area contributed by atoms with E-state index in [0.29, 0.717) is 36.6 Å². The molecule has 2 atom stereocenters. The van der Waals surface area contributed by atoms with Gasteiger partial charge in [0.15, 0.2) is 0 Å². The third kappa shape index (κ3) is 3.05. The fourth-order valence-electron chi connectivity index (χ4n) is 6.55. The van der Waals surface area contributed by atoms with Crippen molar-refractivity contribution in [2.45, 2.75) is 62.4 Å². The molecule has 11 nitrogen and oxygen atoms in total. The summed E-state index contributed by atoms with van der Waals surface area (Å²) in [5, 5.41) is 28.3. The first-order valence-corrected chi connectivity index (χ1v) is 10.9. The molecule has 4 aliphatic carbocycles. The molecule has 162 valence electrons. The first-order chi connectivity index (χ1) is 14.9. The van der Waals surface area contributed by atoms with Crippen LogP contribution >= 0.6 is 11.6 Å². The highest BCUT2D eigenvalue weighted by Gasteiger charge is 2.61. The van der Waals surface area contributed by atoms with Crippen molar-refractivity contribution >= 4 is 17.3 Å². The molecular formula is C19H21ClN8O3. The van der Waals surface area contributed by atoms with Crippen molar-refractivity contribution in [3.05, 3.63) is 45.9 Å². The van der Waals surface area contributed by atoms with Gasteiger partial charge >= 0.3 is 5.69 Å². The average molecular weight is 445 g/mol. The van der Waals surface area contributed by atoms with Gasteiger partial charge in [-0.2, -0.15) is 5.10 Å². The molecule has 3 heterocycles. The molecule has 0 saturated heterocycles. The number of rotatable bonds is 6. The number of aryl methyl sites for hydroxylation is 2. The van der Waals surface area contributed by atoms with Gasteiger partial charge < -0.3 is 4.42 Å². The summed E-state index contributed by atoms with van der Waals surface area (Å²) in [4.78, 5) is 14.5. The fourth-order valence-corrected chi connectivity index (χ4v) is 6.68. The third-order valence-corrected chi connectivity index (χ3v) is 7.46. The second kappa shape index (κ2) is 6.59. The van der Waals surface area contributed by atoms with E-state index >= 15 is 0 Å². The molecule has 4 bridgehead atoms. The van der Waals surface area contributed by atoms with Gasteiger partial charge in [-0.1, -0.05) is 0 Å². The predicted octanol–water partition coefficient (Wildman–Crippen LogP) is 2.91. The maximum Gasteiger partial charge on any atom is 0.306 e. The molecule has 3 aromatic heterocycles. The minimum absolute atomic E-state index is 0.0294. The quantitative estimate of drug-likeness (QED) is 0.419. The first kappa shape index (κ1) is 18.9. The van der Waals surface area contributed by atoms with Gasteiger partial charge in [0.05, 0.1) is 15.9 Å². The minimum atomic E-state index is -0.459. The van der Waals surface area contributed by atoms with E-state index in [4.69, 9.17) is 16.0 Å². The van der Waals surface area contributed by atoms with Gasteiger partial charge in [-0.15, -0.1) is 15.3 Å². The number of nitrogens with zero attached hydrogens (tertiary/aromatic N) is 8. The number of hydrogen-bond acceptors (Lipinski definition) is 8. The molecule has 0 spiro atoms. The zero-order chi connectivity index (χ0) is 21.2. The monoisotopic (exact) mass is 444 g/mol. The molecule has 7 rings (SSSR count). The van der Waals surface area contributed by atoms with Crippen molar-refractivity contribution in [2.24, 2.45) is 11.8 Å². The standard InChI is InChI=1S/C19H21ClN8O3/c20-17-21-11-27(25-17)19-6-12-3-13(7-19)5-18(4-12,10-19)16-24-23-15(31-16)1-2-26-9-14(8-22-26)28(29)30/h8-9,11-13H,1-7,10H2. The van der Waals surface area contributed by atoms with Crippen molar-refractivity contribution < 1.29 is 9.34 Å². The van der Waals surface area contributed by atoms with E-state index in [-0.39, 0.29) is 21.9 Å². The number of nitro groups is 1. The van der Waals surface area contributed by atoms with Crippen LogP contribution in [0.5, 0.6) is 0 Å². The molecule has 0 aromatic carbocycles. The van der Waals surface area contributed by atoms with Crippen LogP contribution < -0.4 is 0 Å². The Morgan fingerprint density at radius 1 is 1.26 bits per heavy atom. The van der Waals surface area contributed by atoms with E-state index in [1.54, 1.807) is 6.33 Å². The third-order valence-electron chi connectivity index (χ3n) is 7.29. The van der Waals surface area contributed by atoms with Crippen molar-refractivity contribution in [1.29, 1.82) is 0 Å². The molecule has 4 saturated carbocycles. The van der Waals surface area contributed by atoms with Crippen LogP contribution in [0.2, 0.25) is 5.28 Å². The van der Waals surface area contributed by atoms with Crippen molar-refractivity contribution in [2.75, 3.05) is 0 Å². The van der Waals surface area contributed by atoms with Crippen LogP contribution in [-0.4, -0.2) is 39.7 Å². The minimum Gasteiger partial charge on any atom is -0.425 e. The Balaban J connectivity index is 1.24. The maximum atomic E-state index is 10.8.